The molecule has 2 rings (SSSR count). The minimum atomic E-state index is -1.07. The molecule has 2 aromatic rings. The number of methoxy groups -OCH3 is 1. The number of amides is 1. The van der Waals surface area contributed by atoms with Crippen molar-refractivity contribution in [3.8, 4) is 11.5 Å². The number of rotatable bonds is 6. The Morgan fingerprint density at radius 2 is 2.00 bits per heavy atom. The zero-order chi connectivity index (χ0) is 16.8. The number of benzene rings is 2. The predicted molar refractivity (Wildman–Crippen MR) is 88.2 cm³/mol. The molecular weight excluding hydrogens is 366 g/mol. The van der Waals surface area contributed by atoms with Crippen LogP contribution in [0, 0.1) is 0 Å². The summed E-state index contributed by atoms with van der Waals surface area (Å²) in [7, 11) is 1.49. The number of carboxylic acids is 1. The molecule has 1 amide bonds. The van der Waals surface area contributed by atoms with Crippen molar-refractivity contribution in [2.24, 2.45) is 0 Å². The molecule has 23 heavy (non-hydrogen) atoms. The first-order chi connectivity index (χ1) is 11.0. The number of carbonyl (C=O) groups excluding carboxylic acids is 1. The summed E-state index contributed by atoms with van der Waals surface area (Å²) in [6, 6.07) is 11.6. The molecule has 0 saturated carbocycles. The first-order valence-electron chi connectivity index (χ1n) is 6.59. The topological polar surface area (TPSA) is 84.9 Å². The van der Waals surface area contributed by atoms with Crippen molar-refractivity contribution >= 4 is 33.5 Å². The molecule has 0 bridgehead atoms. The molecule has 0 aliphatic rings. The van der Waals surface area contributed by atoms with Crippen molar-refractivity contribution in [1.82, 2.24) is 0 Å². The molecule has 0 aliphatic carbocycles. The lowest BCUT2D eigenvalue weighted by molar-refractivity contribution is -0.139. The van der Waals surface area contributed by atoms with E-state index in [2.05, 4.69) is 21.2 Å². The second kappa shape index (κ2) is 7.64. The van der Waals surface area contributed by atoms with Crippen LogP contribution in [0.5, 0.6) is 11.5 Å². The van der Waals surface area contributed by atoms with Gasteiger partial charge in [0.2, 0.25) is 0 Å². The third-order valence-electron chi connectivity index (χ3n) is 2.86. The number of ether oxygens (including phenoxy) is 2. The smallest absolute Gasteiger partial charge is 0.341 e. The Bertz CT molecular complexity index is 732. The van der Waals surface area contributed by atoms with Crippen molar-refractivity contribution in [3.63, 3.8) is 0 Å². The van der Waals surface area contributed by atoms with E-state index in [4.69, 9.17) is 14.6 Å². The molecule has 0 heterocycles. The summed E-state index contributed by atoms with van der Waals surface area (Å²) in [6.45, 7) is -0.448. The number of carbonyl (C=O) groups is 2. The molecule has 0 spiro atoms. The van der Waals surface area contributed by atoms with E-state index in [9.17, 15) is 9.59 Å². The highest BCUT2D eigenvalue weighted by molar-refractivity contribution is 9.10. The standard InChI is InChI=1S/C16H14BrNO5/c1-22-14-6-5-10(17)7-13(14)16(21)18-11-3-2-4-12(8-11)23-9-15(19)20/h2-8H,9H2,1H3,(H,18,21)(H,19,20). The average Bonchev–Trinajstić information content (AvgIpc) is 2.53. The summed E-state index contributed by atoms with van der Waals surface area (Å²) < 4.78 is 11.0. The van der Waals surface area contributed by atoms with Crippen LogP contribution in [0.4, 0.5) is 5.69 Å². The highest BCUT2D eigenvalue weighted by Gasteiger charge is 2.13. The molecule has 0 radical (unpaired) electrons. The molecule has 120 valence electrons. The first kappa shape index (κ1) is 16.8. The zero-order valence-corrected chi connectivity index (χ0v) is 13.8. The van der Waals surface area contributed by atoms with Gasteiger partial charge in [-0.25, -0.2) is 4.79 Å². The van der Waals surface area contributed by atoms with Gasteiger partial charge in [0.25, 0.3) is 5.91 Å². The summed E-state index contributed by atoms with van der Waals surface area (Å²) in [6.07, 6.45) is 0. The zero-order valence-electron chi connectivity index (χ0n) is 12.2. The molecule has 0 unspecified atom stereocenters. The summed E-state index contributed by atoms with van der Waals surface area (Å²) >= 11 is 3.31. The lowest BCUT2D eigenvalue weighted by Gasteiger charge is -2.11. The monoisotopic (exact) mass is 379 g/mol. The Labute approximate surface area is 141 Å². The SMILES string of the molecule is COc1ccc(Br)cc1C(=O)Nc1cccc(OCC(=O)O)c1. The van der Waals surface area contributed by atoms with E-state index < -0.39 is 12.6 Å². The fourth-order valence-electron chi connectivity index (χ4n) is 1.86. The van der Waals surface area contributed by atoms with Gasteiger partial charge in [0.05, 0.1) is 12.7 Å². The highest BCUT2D eigenvalue weighted by atomic mass is 79.9. The molecule has 0 fully saturated rings. The van der Waals surface area contributed by atoms with Crippen LogP contribution in [0.1, 0.15) is 10.4 Å². The van der Waals surface area contributed by atoms with E-state index in [-0.39, 0.29) is 5.91 Å². The van der Waals surface area contributed by atoms with Crippen LogP contribution >= 0.6 is 15.9 Å². The highest BCUT2D eigenvalue weighted by Crippen LogP contribution is 2.25. The number of hydrogen-bond acceptors (Lipinski definition) is 4. The Balaban J connectivity index is 2.15. The average molecular weight is 380 g/mol. The number of hydrogen-bond donors (Lipinski definition) is 2. The van der Waals surface area contributed by atoms with Gasteiger partial charge in [-0.3, -0.25) is 4.79 Å². The number of carboxylic acid groups (broad SMARTS) is 1. The number of halogens is 1. The molecule has 2 N–H and O–H groups in total. The van der Waals surface area contributed by atoms with Gasteiger partial charge in [-0.05, 0) is 30.3 Å². The van der Waals surface area contributed by atoms with Crippen molar-refractivity contribution in [3.05, 3.63) is 52.5 Å². The second-order valence-corrected chi connectivity index (χ2v) is 5.42. The largest absolute Gasteiger partial charge is 0.496 e. The van der Waals surface area contributed by atoms with Crippen LogP contribution in [0.15, 0.2) is 46.9 Å². The maximum absolute atomic E-state index is 12.4. The van der Waals surface area contributed by atoms with E-state index in [0.717, 1.165) is 4.47 Å². The van der Waals surface area contributed by atoms with Crippen LogP contribution < -0.4 is 14.8 Å². The predicted octanol–water partition coefficient (Wildman–Crippen LogP) is 3.17. The van der Waals surface area contributed by atoms with Crippen LogP contribution in [-0.4, -0.2) is 30.7 Å². The fraction of sp³-hybridized carbons (Fsp3) is 0.125. The summed E-state index contributed by atoms with van der Waals surface area (Å²) in [4.78, 5) is 22.9. The van der Waals surface area contributed by atoms with Crippen molar-refractivity contribution < 1.29 is 24.2 Å². The van der Waals surface area contributed by atoms with Gasteiger partial charge in [0.15, 0.2) is 6.61 Å². The number of nitrogens with one attached hydrogen (secondary N) is 1. The van der Waals surface area contributed by atoms with Crippen molar-refractivity contribution in [1.29, 1.82) is 0 Å². The van der Waals surface area contributed by atoms with E-state index in [0.29, 0.717) is 22.7 Å². The molecule has 7 heteroatoms. The lowest BCUT2D eigenvalue weighted by Crippen LogP contribution is -2.13. The third-order valence-corrected chi connectivity index (χ3v) is 3.35. The van der Waals surface area contributed by atoms with Crippen molar-refractivity contribution in [2.45, 2.75) is 0 Å². The van der Waals surface area contributed by atoms with Gasteiger partial charge in [-0.1, -0.05) is 22.0 Å². The summed E-state index contributed by atoms with van der Waals surface area (Å²) in [5, 5.41) is 11.3. The van der Waals surface area contributed by atoms with Gasteiger partial charge in [-0.2, -0.15) is 0 Å². The van der Waals surface area contributed by atoms with E-state index in [1.54, 1.807) is 42.5 Å². The van der Waals surface area contributed by atoms with Gasteiger partial charge in [-0.15, -0.1) is 0 Å². The Morgan fingerprint density at radius 3 is 2.70 bits per heavy atom. The molecule has 0 saturated heterocycles. The number of aliphatic carboxylic acids is 1. The minimum absolute atomic E-state index is 0.349. The Kier molecular flexibility index (Phi) is 5.59. The fourth-order valence-corrected chi connectivity index (χ4v) is 2.23. The molecular formula is C16H14BrNO5. The molecule has 0 aliphatic heterocycles. The van der Waals surface area contributed by atoms with Crippen LogP contribution in [0.25, 0.3) is 0 Å². The first-order valence-corrected chi connectivity index (χ1v) is 7.38. The maximum atomic E-state index is 12.4. The minimum Gasteiger partial charge on any atom is -0.496 e. The lowest BCUT2D eigenvalue weighted by atomic mass is 10.2. The molecule has 0 atom stereocenters. The maximum Gasteiger partial charge on any atom is 0.341 e. The van der Waals surface area contributed by atoms with Crippen molar-refractivity contribution in [2.75, 3.05) is 19.0 Å². The van der Waals surface area contributed by atoms with Crippen LogP contribution in [0.3, 0.4) is 0 Å². The van der Waals surface area contributed by atoms with Gasteiger partial charge >= 0.3 is 5.97 Å². The van der Waals surface area contributed by atoms with E-state index in [1.165, 1.54) is 7.11 Å². The van der Waals surface area contributed by atoms with E-state index >= 15 is 0 Å². The molecule has 2 aromatic carbocycles. The Morgan fingerprint density at radius 1 is 1.22 bits per heavy atom. The summed E-state index contributed by atoms with van der Waals surface area (Å²) in [5.74, 6) is -0.618. The summed E-state index contributed by atoms with van der Waals surface area (Å²) in [5.41, 5.74) is 0.860. The van der Waals surface area contributed by atoms with Crippen LogP contribution in [-0.2, 0) is 4.79 Å². The molecule has 0 aromatic heterocycles. The van der Waals surface area contributed by atoms with E-state index in [1.807, 2.05) is 0 Å². The number of anilines is 1. The Hall–Kier alpha value is -2.54. The van der Waals surface area contributed by atoms with Gasteiger partial charge in [0, 0.05) is 16.2 Å². The normalized spacial score (nSPS) is 10.0. The quantitative estimate of drug-likeness (QED) is 0.804. The second-order valence-electron chi connectivity index (χ2n) is 4.51. The third kappa shape index (κ3) is 4.72. The van der Waals surface area contributed by atoms with Gasteiger partial charge in [0.1, 0.15) is 11.5 Å². The van der Waals surface area contributed by atoms with Gasteiger partial charge < -0.3 is 19.9 Å². The molecule has 6 nitrogen and oxygen atoms in total. The van der Waals surface area contributed by atoms with Crippen LogP contribution in [0.2, 0.25) is 0 Å².